The Kier molecular flexibility index (Phi) is 4.07. The number of methoxy groups -OCH3 is 1. The first-order valence-electron chi connectivity index (χ1n) is 4.62. The molecule has 0 aliphatic heterocycles. The van der Waals surface area contributed by atoms with Gasteiger partial charge in [-0.3, -0.25) is 5.32 Å². The van der Waals surface area contributed by atoms with Crippen LogP contribution in [0, 0.1) is 17.1 Å². The Morgan fingerprint density at radius 1 is 1.60 bits per heavy atom. The van der Waals surface area contributed by atoms with Crippen LogP contribution >= 0.6 is 0 Å². The summed E-state index contributed by atoms with van der Waals surface area (Å²) >= 11 is 0. The lowest BCUT2D eigenvalue weighted by Gasteiger charge is -2.13. The number of nitriles is 1. The minimum Gasteiger partial charge on any atom is -0.494 e. The van der Waals surface area contributed by atoms with Crippen molar-refractivity contribution in [2.75, 3.05) is 13.7 Å². The molecule has 0 aliphatic rings. The van der Waals surface area contributed by atoms with Crippen LogP contribution in [-0.2, 0) is 0 Å². The van der Waals surface area contributed by atoms with Crippen LogP contribution in [0.3, 0.4) is 0 Å². The molecule has 0 saturated carbocycles. The van der Waals surface area contributed by atoms with Crippen LogP contribution in [0.4, 0.5) is 4.39 Å². The van der Waals surface area contributed by atoms with Crippen LogP contribution in [-0.4, -0.2) is 13.7 Å². The molecule has 0 radical (unpaired) electrons. The fraction of sp³-hybridized carbons (Fsp3) is 0.364. The first-order chi connectivity index (χ1) is 7.19. The fourth-order valence-electron chi connectivity index (χ4n) is 1.26. The first-order valence-corrected chi connectivity index (χ1v) is 4.62. The van der Waals surface area contributed by atoms with Crippen molar-refractivity contribution in [2.24, 2.45) is 0 Å². The lowest BCUT2D eigenvalue weighted by atomic mass is 10.1. The summed E-state index contributed by atoms with van der Waals surface area (Å²) in [6.07, 6.45) is 0. The Morgan fingerprint density at radius 3 is 2.93 bits per heavy atom. The van der Waals surface area contributed by atoms with E-state index >= 15 is 0 Å². The predicted octanol–water partition coefficient (Wildman–Crippen LogP) is 2.01. The van der Waals surface area contributed by atoms with Crippen LogP contribution in [0.25, 0.3) is 0 Å². The van der Waals surface area contributed by atoms with Gasteiger partial charge in [-0.15, -0.1) is 0 Å². The third kappa shape index (κ3) is 2.93. The first kappa shape index (κ1) is 11.5. The molecule has 0 aromatic heterocycles. The van der Waals surface area contributed by atoms with E-state index in [1.807, 2.05) is 13.0 Å². The van der Waals surface area contributed by atoms with Gasteiger partial charge in [-0.1, -0.05) is 6.07 Å². The van der Waals surface area contributed by atoms with Crippen molar-refractivity contribution in [3.63, 3.8) is 0 Å². The molecule has 0 fully saturated rings. The Hall–Kier alpha value is -1.60. The number of benzene rings is 1. The zero-order valence-corrected chi connectivity index (χ0v) is 8.75. The van der Waals surface area contributed by atoms with E-state index in [1.54, 1.807) is 12.1 Å². The molecule has 1 atom stereocenters. The van der Waals surface area contributed by atoms with Crippen molar-refractivity contribution >= 4 is 0 Å². The molecule has 0 bridgehead atoms. The molecule has 15 heavy (non-hydrogen) atoms. The number of rotatable bonds is 4. The zero-order valence-electron chi connectivity index (χ0n) is 8.75. The number of halogens is 1. The number of nitrogens with one attached hydrogen (secondary N) is 1. The summed E-state index contributed by atoms with van der Waals surface area (Å²) in [4.78, 5) is 0. The van der Waals surface area contributed by atoms with Gasteiger partial charge in [0.1, 0.15) is 0 Å². The van der Waals surface area contributed by atoms with Gasteiger partial charge in [-0.25, -0.2) is 4.39 Å². The van der Waals surface area contributed by atoms with Gasteiger partial charge >= 0.3 is 0 Å². The standard InChI is InChI=1S/C11H13FN2O/c1-8(14-6-5-13)9-3-4-10(12)11(7-9)15-2/h3-4,7-8,14H,6H2,1-2H3/t8-/m0/s1. The third-order valence-corrected chi connectivity index (χ3v) is 2.16. The number of hydrogen-bond donors (Lipinski definition) is 1. The second-order valence-electron chi connectivity index (χ2n) is 3.15. The largest absolute Gasteiger partial charge is 0.494 e. The minimum atomic E-state index is -0.381. The molecule has 0 spiro atoms. The topological polar surface area (TPSA) is 45.0 Å². The van der Waals surface area contributed by atoms with Gasteiger partial charge in [0.25, 0.3) is 0 Å². The summed E-state index contributed by atoms with van der Waals surface area (Å²) in [6, 6.07) is 6.65. The van der Waals surface area contributed by atoms with Crippen molar-refractivity contribution in [2.45, 2.75) is 13.0 Å². The number of ether oxygens (including phenoxy) is 1. The molecule has 4 heteroatoms. The molecule has 0 unspecified atom stereocenters. The Labute approximate surface area is 88.5 Å². The van der Waals surface area contributed by atoms with E-state index in [2.05, 4.69) is 5.32 Å². The van der Waals surface area contributed by atoms with Gasteiger partial charge in [-0.05, 0) is 24.6 Å². The molecular formula is C11H13FN2O. The molecule has 1 N–H and O–H groups in total. The van der Waals surface area contributed by atoms with E-state index in [0.29, 0.717) is 0 Å². The van der Waals surface area contributed by atoms with Gasteiger partial charge in [0.05, 0.1) is 19.7 Å². The van der Waals surface area contributed by atoms with E-state index in [1.165, 1.54) is 13.2 Å². The van der Waals surface area contributed by atoms with Crippen molar-refractivity contribution in [3.8, 4) is 11.8 Å². The van der Waals surface area contributed by atoms with E-state index in [0.717, 1.165) is 5.56 Å². The SMILES string of the molecule is COc1cc([C@H](C)NCC#N)ccc1F. The molecule has 1 aromatic rings. The lowest BCUT2D eigenvalue weighted by molar-refractivity contribution is 0.385. The summed E-state index contributed by atoms with van der Waals surface area (Å²) in [6.45, 7) is 2.17. The second kappa shape index (κ2) is 5.32. The normalized spacial score (nSPS) is 11.9. The van der Waals surface area contributed by atoms with Crippen molar-refractivity contribution in [1.82, 2.24) is 5.32 Å². The van der Waals surface area contributed by atoms with Gasteiger partial charge in [-0.2, -0.15) is 5.26 Å². The number of hydrogen-bond acceptors (Lipinski definition) is 3. The Balaban J connectivity index is 2.82. The lowest BCUT2D eigenvalue weighted by Crippen LogP contribution is -2.18. The Morgan fingerprint density at radius 2 is 2.33 bits per heavy atom. The third-order valence-electron chi connectivity index (χ3n) is 2.16. The van der Waals surface area contributed by atoms with Crippen LogP contribution in [0.1, 0.15) is 18.5 Å². The maximum atomic E-state index is 13.1. The summed E-state index contributed by atoms with van der Waals surface area (Å²) in [5.41, 5.74) is 0.892. The van der Waals surface area contributed by atoms with Gasteiger partial charge in [0.2, 0.25) is 0 Å². The molecule has 0 heterocycles. The molecule has 0 amide bonds. The Bertz CT molecular complexity index is 373. The smallest absolute Gasteiger partial charge is 0.165 e. The highest BCUT2D eigenvalue weighted by Gasteiger charge is 2.08. The van der Waals surface area contributed by atoms with E-state index in [9.17, 15) is 4.39 Å². The predicted molar refractivity (Wildman–Crippen MR) is 55.0 cm³/mol. The van der Waals surface area contributed by atoms with E-state index in [4.69, 9.17) is 10.00 Å². The molecule has 0 saturated heterocycles. The van der Waals surface area contributed by atoms with Gasteiger partial charge in [0.15, 0.2) is 11.6 Å². The van der Waals surface area contributed by atoms with Crippen molar-refractivity contribution in [3.05, 3.63) is 29.6 Å². The molecule has 3 nitrogen and oxygen atoms in total. The summed E-state index contributed by atoms with van der Waals surface area (Å²) in [5.74, 6) is -0.160. The fourth-order valence-corrected chi connectivity index (χ4v) is 1.26. The highest BCUT2D eigenvalue weighted by molar-refractivity contribution is 5.31. The van der Waals surface area contributed by atoms with Crippen molar-refractivity contribution < 1.29 is 9.13 Å². The summed E-state index contributed by atoms with van der Waals surface area (Å²) in [7, 11) is 1.43. The van der Waals surface area contributed by atoms with Crippen LogP contribution in [0.15, 0.2) is 18.2 Å². The van der Waals surface area contributed by atoms with Crippen LogP contribution in [0.2, 0.25) is 0 Å². The summed E-state index contributed by atoms with van der Waals surface area (Å²) in [5, 5.41) is 11.4. The zero-order chi connectivity index (χ0) is 11.3. The molecule has 80 valence electrons. The van der Waals surface area contributed by atoms with Crippen LogP contribution in [0.5, 0.6) is 5.75 Å². The van der Waals surface area contributed by atoms with Crippen LogP contribution < -0.4 is 10.1 Å². The van der Waals surface area contributed by atoms with Gasteiger partial charge < -0.3 is 4.74 Å². The molecular weight excluding hydrogens is 195 g/mol. The minimum absolute atomic E-state index is 0.000787. The number of nitrogens with zero attached hydrogens (tertiary/aromatic N) is 1. The monoisotopic (exact) mass is 208 g/mol. The average Bonchev–Trinajstić information content (AvgIpc) is 2.26. The average molecular weight is 208 g/mol. The maximum absolute atomic E-state index is 13.1. The highest BCUT2D eigenvalue weighted by atomic mass is 19.1. The second-order valence-corrected chi connectivity index (χ2v) is 3.15. The molecule has 1 aromatic carbocycles. The molecule has 1 rings (SSSR count). The van der Waals surface area contributed by atoms with E-state index < -0.39 is 0 Å². The van der Waals surface area contributed by atoms with Crippen molar-refractivity contribution in [1.29, 1.82) is 5.26 Å². The highest BCUT2D eigenvalue weighted by Crippen LogP contribution is 2.22. The quantitative estimate of drug-likeness (QED) is 0.770. The summed E-state index contributed by atoms with van der Waals surface area (Å²) < 4.78 is 18.0. The van der Waals surface area contributed by atoms with Gasteiger partial charge in [0, 0.05) is 6.04 Å². The maximum Gasteiger partial charge on any atom is 0.165 e. The molecule has 0 aliphatic carbocycles. The van der Waals surface area contributed by atoms with E-state index in [-0.39, 0.29) is 24.2 Å².